The predicted molar refractivity (Wildman–Crippen MR) is 220 cm³/mol. The Morgan fingerprint density at radius 1 is 0.648 bits per heavy atom. The number of nitrogens with zero attached hydrogens (tertiary/aromatic N) is 4. The number of aromatic hydroxyl groups is 1. The number of hydrogen-bond acceptors (Lipinski definition) is 4. The van der Waals surface area contributed by atoms with Crippen molar-refractivity contribution in [3.05, 3.63) is 163 Å². The summed E-state index contributed by atoms with van der Waals surface area (Å²) in [5.74, 6) is 1.06. The number of phenols is 1. The van der Waals surface area contributed by atoms with Crippen molar-refractivity contribution in [1.82, 2.24) is 14.5 Å². The van der Waals surface area contributed by atoms with Crippen LogP contribution in [0.15, 0.2) is 146 Å². The van der Waals surface area contributed by atoms with E-state index in [9.17, 15) is 5.11 Å². The summed E-state index contributed by atoms with van der Waals surface area (Å²) in [5.41, 5.74) is 9.71. The minimum absolute atomic E-state index is 0. The zero-order valence-electron chi connectivity index (χ0n) is 31.4. The van der Waals surface area contributed by atoms with E-state index in [1.807, 2.05) is 54.7 Å². The molecule has 3 aromatic heterocycles. The van der Waals surface area contributed by atoms with E-state index in [0.717, 1.165) is 78.3 Å². The van der Waals surface area contributed by atoms with Gasteiger partial charge < -0.3 is 10.0 Å². The van der Waals surface area contributed by atoms with Gasteiger partial charge in [0.05, 0.1) is 11.2 Å². The first-order valence-corrected chi connectivity index (χ1v) is 18.2. The van der Waals surface area contributed by atoms with E-state index in [0.29, 0.717) is 0 Å². The molecule has 0 unspecified atom stereocenters. The molecule has 54 heavy (non-hydrogen) atoms. The second-order valence-electron chi connectivity index (χ2n) is 15.7. The average molecular weight is 887 g/mol. The summed E-state index contributed by atoms with van der Waals surface area (Å²) in [7, 11) is 0. The average Bonchev–Trinajstić information content (AvgIpc) is 3.49. The molecule has 0 bridgehead atoms. The zero-order valence-corrected chi connectivity index (χ0v) is 33.7. The number of para-hydroxylation sites is 2. The van der Waals surface area contributed by atoms with E-state index in [4.69, 9.17) is 9.97 Å². The van der Waals surface area contributed by atoms with E-state index in [1.165, 1.54) is 0 Å². The van der Waals surface area contributed by atoms with Crippen LogP contribution in [0, 0.1) is 6.07 Å². The fourth-order valence-electron chi connectivity index (χ4n) is 7.10. The first kappa shape index (κ1) is 36.8. The van der Waals surface area contributed by atoms with Gasteiger partial charge in [-0.25, -0.2) is 4.98 Å². The first-order chi connectivity index (χ1) is 25.5. The van der Waals surface area contributed by atoms with Crippen LogP contribution < -0.4 is 4.90 Å². The summed E-state index contributed by atoms with van der Waals surface area (Å²) >= 11 is 0. The molecule has 0 aliphatic rings. The van der Waals surface area contributed by atoms with E-state index < -0.39 is 0 Å². The maximum Gasteiger partial charge on any atom is 0.143 e. The van der Waals surface area contributed by atoms with Gasteiger partial charge >= 0.3 is 0 Å². The maximum absolute atomic E-state index is 12.1. The summed E-state index contributed by atoms with van der Waals surface area (Å²) < 4.78 is 2.14. The fourth-order valence-corrected chi connectivity index (χ4v) is 7.10. The molecular formula is C48H43N4OPt-. The third-order valence-electron chi connectivity index (χ3n) is 9.90. The van der Waals surface area contributed by atoms with Crippen molar-refractivity contribution in [2.75, 3.05) is 4.90 Å². The van der Waals surface area contributed by atoms with Gasteiger partial charge in [0.15, 0.2) is 0 Å². The van der Waals surface area contributed by atoms with Crippen molar-refractivity contribution in [3.63, 3.8) is 0 Å². The molecule has 272 valence electrons. The Labute approximate surface area is 332 Å². The molecule has 5 aromatic carbocycles. The van der Waals surface area contributed by atoms with Crippen LogP contribution in [0.3, 0.4) is 0 Å². The Morgan fingerprint density at radius 2 is 1.33 bits per heavy atom. The molecule has 1 N–H and O–H groups in total. The smallest absolute Gasteiger partial charge is 0.143 e. The van der Waals surface area contributed by atoms with Crippen LogP contribution in [-0.2, 0) is 31.9 Å². The Kier molecular flexibility index (Phi) is 9.81. The van der Waals surface area contributed by atoms with Crippen molar-refractivity contribution >= 4 is 39.1 Å². The summed E-state index contributed by atoms with van der Waals surface area (Å²) in [5, 5.41) is 14.2. The fraction of sp³-hybridized carbons (Fsp3) is 0.167. The molecule has 6 heteroatoms. The Balaban J connectivity index is 0.00000450. The second-order valence-corrected chi connectivity index (χ2v) is 15.7. The minimum Gasteiger partial charge on any atom is -0.505 e. The molecule has 0 fully saturated rings. The van der Waals surface area contributed by atoms with Gasteiger partial charge in [0.1, 0.15) is 17.2 Å². The molecule has 0 aliphatic carbocycles. The van der Waals surface area contributed by atoms with Crippen LogP contribution in [0.25, 0.3) is 50.0 Å². The van der Waals surface area contributed by atoms with Crippen LogP contribution >= 0.6 is 0 Å². The molecule has 0 saturated heterocycles. The summed E-state index contributed by atoms with van der Waals surface area (Å²) in [6.45, 7) is 13.1. The topological polar surface area (TPSA) is 54.2 Å². The molecule has 0 radical (unpaired) electrons. The van der Waals surface area contributed by atoms with Crippen LogP contribution in [0.4, 0.5) is 17.2 Å². The monoisotopic (exact) mass is 886 g/mol. The van der Waals surface area contributed by atoms with Crippen LogP contribution in [0.2, 0.25) is 0 Å². The predicted octanol–water partition coefficient (Wildman–Crippen LogP) is 12.5. The standard InChI is InChI=1S/C48H43N4O.Pt/c1-47(2,3)35-30-40(48(4,5)6)45(53)43(31-35)52-42-22-14-13-21-38(42)39-24-25-41(50-46(39)52)34-27-33(32-17-9-7-10-18-32)28-37(29-34)51(36-19-11-8-12-20-36)44-23-15-16-26-49-44;/h7-28,30-31,53H,1-6H3;/q-1;. The van der Waals surface area contributed by atoms with Gasteiger partial charge in [-0.15, -0.1) is 23.8 Å². The Bertz CT molecular complexity index is 2550. The second kappa shape index (κ2) is 14.4. The van der Waals surface area contributed by atoms with Crippen molar-refractivity contribution < 1.29 is 26.2 Å². The van der Waals surface area contributed by atoms with Crippen LogP contribution in [0.1, 0.15) is 52.7 Å². The van der Waals surface area contributed by atoms with E-state index in [-0.39, 0.29) is 37.6 Å². The zero-order chi connectivity index (χ0) is 36.9. The third kappa shape index (κ3) is 6.85. The quantitative estimate of drug-likeness (QED) is 0.169. The van der Waals surface area contributed by atoms with Crippen LogP contribution in [-0.4, -0.2) is 19.6 Å². The molecule has 5 nitrogen and oxygen atoms in total. The third-order valence-corrected chi connectivity index (χ3v) is 9.90. The molecule has 8 rings (SSSR count). The molecule has 0 saturated carbocycles. The summed E-state index contributed by atoms with van der Waals surface area (Å²) in [6, 6.07) is 51.6. The Morgan fingerprint density at radius 3 is 2.02 bits per heavy atom. The Hall–Kier alpha value is -5.51. The minimum atomic E-state index is -0.279. The molecule has 0 amide bonds. The summed E-state index contributed by atoms with van der Waals surface area (Å²) in [4.78, 5) is 12.4. The molecule has 0 spiro atoms. The van der Waals surface area contributed by atoms with Gasteiger partial charge in [0.25, 0.3) is 0 Å². The van der Waals surface area contributed by atoms with E-state index >= 15 is 0 Å². The van der Waals surface area contributed by atoms with Gasteiger partial charge in [-0.05, 0) is 69.7 Å². The SMILES string of the molecule is CC(C)(C)c1cc(-n2c3ccccc3c3ccc(-c4[c-]c(N(c5ccccc5)c5ccccn5)cc(-c5ccccc5)c4)nc32)c(O)c(C(C)(C)C)c1.[Pt]. The number of benzene rings is 5. The van der Waals surface area contributed by atoms with Crippen LogP contribution in [0.5, 0.6) is 5.75 Å². The maximum atomic E-state index is 12.1. The number of anilines is 3. The van der Waals surface area contributed by atoms with Gasteiger partial charge in [0.2, 0.25) is 0 Å². The number of hydrogen-bond donors (Lipinski definition) is 1. The number of phenolic OH excluding ortho intramolecular Hbond substituents is 1. The van der Waals surface area contributed by atoms with Crippen molar-refractivity contribution in [2.24, 2.45) is 0 Å². The first-order valence-electron chi connectivity index (χ1n) is 18.2. The van der Waals surface area contributed by atoms with Crippen molar-refractivity contribution in [2.45, 2.75) is 52.4 Å². The van der Waals surface area contributed by atoms with Crippen molar-refractivity contribution in [1.29, 1.82) is 0 Å². The molecule has 8 aromatic rings. The molecule has 0 aliphatic heterocycles. The van der Waals surface area contributed by atoms with Gasteiger partial charge in [-0.3, -0.25) is 9.55 Å². The number of rotatable bonds is 6. The normalized spacial score (nSPS) is 11.8. The van der Waals surface area contributed by atoms with Gasteiger partial charge in [-0.2, -0.15) is 0 Å². The molecule has 0 atom stereocenters. The van der Waals surface area contributed by atoms with E-state index in [1.54, 1.807) is 0 Å². The van der Waals surface area contributed by atoms with E-state index in [2.05, 4.69) is 148 Å². The van der Waals surface area contributed by atoms with Gasteiger partial charge in [0, 0.05) is 49.3 Å². The number of pyridine rings is 2. The molecule has 3 heterocycles. The van der Waals surface area contributed by atoms with Crippen molar-refractivity contribution in [3.8, 4) is 33.8 Å². The largest absolute Gasteiger partial charge is 0.505 e. The summed E-state index contributed by atoms with van der Waals surface area (Å²) in [6.07, 6.45) is 1.82. The molecular weight excluding hydrogens is 844 g/mol. The number of fused-ring (bicyclic) bond motifs is 3. The number of aromatic nitrogens is 3. The van der Waals surface area contributed by atoms with Gasteiger partial charge in [-0.1, -0.05) is 138 Å².